The molecule has 1 heterocycles. The fraction of sp³-hybridized carbons (Fsp3) is 0.900. The number of cyclic esters (lactones) is 1. The zero-order valence-electron chi connectivity index (χ0n) is 8.79. The van der Waals surface area contributed by atoms with Gasteiger partial charge in [-0.1, -0.05) is 13.8 Å². The predicted octanol–water partition coefficient (Wildman–Crippen LogP) is 2.47. The Morgan fingerprint density at radius 1 is 1.54 bits per heavy atom. The monoisotopic (exact) mass is 202 g/mol. The summed E-state index contributed by atoms with van der Waals surface area (Å²) in [5, 5.41) is 0.559. The van der Waals surface area contributed by atoms with E-state index in [-0.39, 0.29) is 16.6 Å². The van der Waals surface area contributed by atoms with Gasteiger partial charge >= 0.3 is 5.97 Å². The van der Waals surface area contributed by atoms with Crippen molar-refractivity contribution in [2.45, 2.75) is 44.1 Å². The van der Waals surface area contributed by atoms with Gasteiger partial charge in [-0.05, 0) is 25.5 Å². The number of ether oxygens (including phenoxy) is 1. The first-order chi connectivity index (χ1) is 5.93. The van der Waals surface area contributed by atoms with Gasteiger partial charge in [-0.2, -0.15) is 11.8 Å². The lowest BCUT2D eigenvalue weighted by Gasteiger charge is -2.29. The van der Waals surface area contributed by atoms with Gasteiger partial charge in [0.05, 0.1) is 12.5 Å². The van der Waals surface area contributed by atoms with Gasteiger partial charge in [0.25, 0.3) is 0 Å². The van der Waals surface area contributed by atoms with Crippen molar-refractivity contribution in [1.29, 1.82) is 0 Å². The van der Waals surface area contributed by atoms with Crippen LogP contribution in [0.15, 0.2) is 0 Å². The first kappa shape index (κ1) is 10.9. The molecule has 13 heavy (non-hydrogen) atoms. The van der Waals surface area contributed by atoms with E-state index in [4.69, 9.17) is 4.74 Å². The molecule has 0 aliphatic carbocycles. The van der Waals surface area contributed by atoms with E-state index in [0.717, 1.165) is 6.42 Å². The molecule has 1 fully saturated rings. The van der Waals surface area contributed by atoms with Gasteiger partial charge in [-0.15, -0.1) is 0 Å². The standard InChI is InChI=1S/C10H18O2S/c1-7(2)13-10(3,4)8-5-6-12-9(8)11/h7-8H,5-6H2,1-4H3. The average Bonchev–Trinajstić information content (AvgIpc) is 2.32. The van der Waals surface area contributed by atoms with Gasteiger partial charge in [0.15, 0.2) is 0 Å². The summed E-state index contributed by atoms with van der Waals surface area (Å²) in [6.45, 7) is 9.19. The molecule has 0 amide bonds. The van der Waals surface area contributed by atoms with Crippen LogP contribution >= 0.6 is 11.8 Å². The van der Waals surface area contributed by atoms with Crippen LogP contribution in [0.5, 0.6) is 0 Å². The summed E-state index contributed by atoms with van der Waals surface area (Å²) in [6, 6.07) is 0. The van der Waals surface area contributed by atoms with Gasteiger partial charge in [0, 0.05) is 4.75 Å². The number of esters is 1. The van der Waals surface area contributed by atoms with Crippen molar-refractivity contribution in [3.63, 3.8) is 0 Å². The highest BCUT2D eigenvalue weighted by molar-refractivity contribution is 8.01. The van der Waals surface area contributed by atoms with Crippen molar-refractivity contribution in [3.05, 3.63) is 0 Å². The Kier molecular flexibility index (Phi) is 3.28. The molecule has 0 radical (unpaired) electrons. The first-order valence-electron chi connectivity index (χ1n) is 4.78. The Morgan fingerprint density at radius 2 is 2.15 bits per heavy atom. The van der Waals surface area contributed by atoms with E-state index < -0.39 is 0 Å². The maximum Gasteiger partial charge on any atom is 0.310 e. The van der Waals surface area contributed by atoms with Crippen LogP contribution in [0, 0.1) is 5.92 Å². The molecule has 2 nitrogen and oxygen atoms in total. The Balaban J connectivity index is 2.62. The molecule has 0 spiro atoms. The molecule has 1 aliphatic heterocycles. The molecular weight excluding hydrogens is 184 g/mol. The molecular formula is C10H18O2S. The molecule has 0 saturated carbocycles. The third-order valence-electron chi connectivity index (χ3n) is 2.31. The first-order valence-corrected chi connectivity index (χ1v) is 5.66. The second-order valence-corrected chi connectivity index (χ2v) is 6.51. The van der Waals surface area contributed by atoms with Crippen molar-refractivity contribution in [3.8, 4) is 0 Å². The van der Waals surface area contributed by atoms with E-state index in [1.807, 2.05) is 11.8 Å². The topological polar surface area (TPSA) is 26.3 Å². The van der Waals surface area contributed by atoms with E-state index in [1.165, 1.54) is 0 Å². The molecule has 1 atom stereocenters. The predicted molar refractivity (Wildman–Crippen MR) is 55.9 cm³/mol. The zero-order valence-corrected chi connectivity index (χ0v) is 9.61. The SMILES string of the molecule is CC(C)SC(C)(C)C1CCOC1=O. The maximum absolute atomic E-state index is 11.4. The van der Waals surface area contributed by atoms with Crippen LogP contribution in [0.3, 0.4) is 0 Å². The minimum Gasteiger partial charge on any atom is -0.465 e. The molecule has 1 saturated heterocycles. The van der Waals surface area contributed by atoms with E-state index >= 15 is 0 Å². The summed E-state index contributed by atoms with van der Waals surface area (Å²) in [6.07, 6.45) is 0.881. The fourth-order valence-corrected chi connectivity index (χ4v) is 3.41. The summed E-state index contributed by atoms with van der Waals surface area (Å²) in [5.41, 5.74) is 0. The Morgan fingerprint density at radius 3 is 2.54 bits per heavy atom. The number of carbonyl (C=O) groups is 1. The van der Waals surface area contributed by atoms with Crippen LogP contribution < -0.4 is 0 Å². The van der Waals surface area contributed by atoms with Gasteiger partial charge in [0.2, 0.25) is 0 Å². The van der Waals surface area contributed by atoms with Crippen molar-refractivity contribution in [1.82, 2.24) is 0 Å². The summed E-state index contributed by atoms with van der Waals surface area (Å²) in [5.74, 6) is 0.0676. The lowest BCUT2D eigenvalue weighted by Crippen LogP contribution is -2.32. The number of carbonyl (C=O) groups excluding carboxylic acids is 1. The van der Waals surface area contributed by atoms with Crippen LogP contribution in [-0.4, -0.2) is 22.6 Å². The maximum atomic E-state index is 11.4. The minimum absolute atomic E-state index is 0.0156. The fourth-order valence-electron chi connectivity index (χ4n) is 1.82. The summed E-state index contributed by atoms with van der Waals surface area (Å²) < 4.78 is 5.00. The summed E-state index contributed by atoms with van der Waals surface area (Å²) in [7, 11) is 0. The van der Waals surface area contributed by atoms with Crippen LogP contribution in [0.1, 0.15) is 34.1 Å². The zero-order chi connectivity index (χ0) is 10.1. The van der Waals surface area contributed by atoms with E-state index in [9.17, 15) is 4.79 Å². The molecule has 76 valence electrons. The molecule has 0 aromatic rings. The third-order valence-corrected chi connectivity index (χ3v) is 3.68. The molecule has 0 bridgehead atoms. The molecule has 1 aliphatic rings. The van der Waals surface area contributed by atoms with Crippen molar-refractivity contribution < 1.29 is 9.53 Å². The number of hydrogen-bond donors (Lipinski definition) is 0. The van der Waals surface area contributed by atoms with Crippen LogP contribution in [0.2, 0.25) is 0 Å². The lowest BCUT2D eigenvalue weighted by atomic mass is 9.94. The second-order valence-electron chi connectivity index (χ2n) is 4.28. The number of hydrogen-bond acceptors (Lipinski definition) is 3. The largest absolute Gasteiger partial charge is 0.465 e. The summed E-state index contributed by atoms with van der Waals surface area (Å²) in [4.78, 5) is 11.4. The van der Waals surface area contributed by atoms with Gasteiger partial charge in [0.1, 0.15) is 0 Å². The highest BCUT2D eigenvalue weighted by Gasteiger charge is 2.40. The average molecular weight is 202 g/mol. The smallest absolute Gasteiger partial charge is 0.310 e. The van der Waals surface area contributed by atoms with Crippen molar-refractivity contribution >= 4 is 17.7 Å². The molecule has 1 unspecified atom stereocenters. The Labute approximate surface area is 84.4 Å². The second kappa shape index (κ2) is 3.91. The van der Waals surface area contributed by atoms with Gasteiger partial charge in [-0.25, -0.2) is 0 Å². The van der Waals surface area contributed by atoms with Crippen LogP contribution in [-0.2, 0) is 9.53 Å². The quantitative estimate of drug-likeness (QED) is 0.658. The number of thioether (sulfide) groups is 1. The van der Waals surface area contributed by atoms with Crippen molar-refractivity contribution in [2.24, 2.45) is 5.92 Å². The Hall–Kier alpha value is -0.180. The van der Waals surface area contributed by atoms with Gasteiger partial charge in [-0.3, -0.25) is 4.79 Å². The highest BCUT2D eigenvalue weighted by atomic mass is 32.2. The van der Waals surface area contributed by atoms with Crippen molar-refractivity contribution in [2.75, 3.05) is 6.61 Å². The molecule has 0 aromatic carbocycles. The van der Waals surface area contributed by atoms with Crippen LogP contribution in [0.25, 0.3) is 0 Å². The molecule has 3 heteroatoms. The Bertz CT molecular complexity index is 199. The van der Waals surface area contributed by atoms with E-state index in [1.54, 1.807) is 0 Å². The summed E-state index contributed by atoms with van der Waals surface area (Å²) >= 11 is 1.86. The minimum atomic E-state index is -0.0156. The molecule has 1 rings (SSSR count). The molecule has 0 N–H and O–H groups in total. The third kappa shape index (κ3) is 2.63. The normalized spacial score (nSPS) is 23.8. The van der Waals surface area contributed by atoms with Gasteiger partial charge < -0.3 is 4.74 Å². The van der Waals surface area contributed by atoms with E-state index in [2.05, 4.69) is 27.7 Å². The number of rotatable bonds is 3. The molecule has 0 aromatic heterocycles. The van der Waals surface area contributed by atoms with E-state index in [0.29, 0.717) is 11.9 Å². The highest BCUT2D eigenvalue weighted by Crippen LogP contribution is 2.39. The lowest BCUT2D eigenvalue weighted by molar-refractivity contribution is -0.141. The van der Waals surface area contributed by atoms with Crippen LogP contribution in [0.4, 0.5) is 0 Å².